The van der Waals surface area contributed by atoms with Crippen LogP contribution in [0, 0.1) is 0 Å². The van der Waals surface area contributed by atoms with Gasteiger partial charge in [-0.15, -0.1) is 0 Å². The molecule has 0 bridgehead atoms. The fourth-order valence-corrected chi connectivity index (χ4v) is 1.06. The molecular weight excluding hydrogens is 134 g/mol. The summed E-state index contributed by atoms with van der Waals surface area (Å²) in [5.41, 5.74) is 0. The number of hydrogen-bond acceptors (Lipinski definition) is 1. The van der Waals surface area contributed by atoms with Gasteiger partial charge in [0.25, 0.3) is 0 Å². The van der Waals surface area contributed by atoms with Gasteiger partial charge >= 0.3 is 0 Å². The van der Waals surface area contributed by atoms with Crippen LogP contribution in [0.15, 0.2) is 0 Å². The van der Waals surface area contributed by atoms with Crippen LogP contribution in [0.3, 0.4) is 0 Å². The summed E-state index contributed by atoms with van der Waals surface area (Å²) in [5, 5.41) is 3.11. The second-order valence-electron chi connectivity index (χ2n) is 2.87. The molecule has 1 N–H and O–H groups in total. The Hall–Kier alpha value is -0.0400. The molecule has 1 aliphatic carbocycles. The third-order valence-corrected chi connectivity index (χ3v) is 1.96. The fourth-order valence-electron chi connectivity index (χ4n) is 1.06. The molecule has 2 rings (SSSR count). The van der Waals surface area contributed by atoms with E-state index in [-0.39, 0.29) is 0 Å². The van der Waals surface area contributed by atoms with Gasteiger partial charge < -0.3 is 5.32 Å². The summed E-state index contributed by atoms with van der Waals surface area (Å²) in [6, 6.07) is 0. The maximum absolute atomic E-state index is 3.11. The first-order valence-corrected chi connectivity index (χ1v) is 5.21. The SMILES string of the molecule is C1CCCC1.C1CNC1.CC. The molecule has 0 aromatic rings. The van der Waals surface area contributed by atoms with Crippen molar-refractivity contribution in [3.05, 3.63) is 0 Å². The lowest BCUT2D eigenvalue weighted by molar-refractivity contribution is 0.527. The molecule has 2 fully saturated rings. The van der Waals surface area contributed by atoms with E-state index >= 15 is 0 Å². The summed E-state index contributed by atoms with van der Waals surface area (Å²) in [6.45, 7) is 6.50. The first-order chi connectivity index (χ1) is 5.50. The first-order valence-electron chi connectivity index (χ1n) is 5.21. The lowest BCUT2D eigenvalue weighted by atomic mass is 10.3. The summed E-state index contributed by atoms with van der Waals surface area (Å²) in [5.74, 6) is 0. The molecule has 1 aliphatic heterocycles. The zero-order valence-electron chi connectivity index (χ0n) is 8.16. The highest BCUT2D eigenvalue weighted by Crippen LogP contribution is 2.15. The van der Waals surface area contributed by atoms with Crippen LogP contribution in [-0.2, 0) is 0 Å². The second-order valence-corrected chi connectivity index (χ2v) is 2.87. The number of nitrogens with one attached hydrogen (secondary N) is 1. The van der Waals surface area contributed by atoms with E-state index in [1.165, 1.54) is 51.6 Å². The molecule has 1 nitrogen and oxygen atoms in total. The Bertz CT molecular complexity index is 42.3. The van der Waals surface area contributed by atoms with E-state index in [0.29, 0.717) is 0 Å². The van der Waals surface area contributed by atoms with E-state index in [0.717, 1.165) is 0 Å². The van der Waals surface area contributed by atoms with Gasteiger partial charge in [-0.05, 0) is 19.5 Å². The van der Waals surface area contributed by atoms with Crippen molar-refractivity contribution in [3.8, 4) is 0 Å². The number of rotatable bonds is 0. The van der Waals surface area contributed by atoms with E-state index in [1.807, 2.05) is 13.8 Å². The van der Waals surface area contributed by atoms with Crippen molar-refractivity contribution in [2.24, 2.45) is 0 Å². The van der Waals surface area contributed by atoms with Gasteiger partial charge in [-0.2, -0.15) is 0 Å². The summed E-state index contributed by atoms with van der Waals surface area (Å²) in [6.07, 6.45) is 8.89. The lowest BCUT2D eigenvalue weighted by Gasteiger charge is -2.09. The second kappa shape index (κ2) is 9.96. The van der Waals surface area contributed by atoms with Crippen molar-refractivity contribution < 1.29 is 0 Å². The average molecular weight is 157 g/mol. The highest BCUT2D eigenvalue weighted by Gasteiger charge is 1.95. The molecule has 68 valence electrons. The van der Waals surface area contributed by atoms with Crippen LogP contribution in [0.5, 0.6) is 0 Å². The molecule has 0 spiro atoms. The van der Waals surface area contributed by atoms with E-state index in [2.05, 4.69) is 5.32 Å². The first kappa shape index (κ1) is 11.0. The smallest absolute Gasteiger partial charge is 0.00368 e. The zero-order chi connectivity index (χ0) is 8.36. The molecule has 1 heteroatoms. The predicted molar refractivity (Wildman–Crippen MR) is 51.9 cm³/mol. The van der Waals surface area contributed by atoms with Crippen molar-refractivity contribution in [2.75, 3.05) is 13.1 Å². The van der Waals surface area contributed by atoms with Crippen LogP contribution in [-0.4, -0.2) is 13.1 Å². The fraction of sp³-hybridized carbons (Fsp3) is 1.00. The summed E-state index contributed by atoms with van der Waals surface area (Å²) < 4.78 is 0. The molecule has 0 unspecified atom stereocenters. The number of hydrogen-bond donors (Lipinski definition) is 1. The van der Waals surface area contributed by atoms with Crippen LogP contribution in [0.4, 0.5) is 0 Å². The molecule has 1 saturated carbocycles. The minimum Gasteiger partial charge on any atom is -0.317 e. The maximum Gasteiger partial charge on any atom is -0.00368 e. The van der Waals surface area contributed by atoms with Gasteiger partial charge in [0.2, 0.25) is 0 Å². The minimum absolute atomic E-state index is 1.25. The van der Waals surface area contributed by atoms with Gasteiger partial charge in [0, 0.05) is 0 Å². The third kappa shape index (κ3) is 7.86. The Labute approximate surface area is 71.6 Å². The quantitative estimate of drug-likeness (QED) is 0.570. The largest absolute Gasteiger partial charge is 0.317 e. The highest BCUT2D eigenvalue weighted by atomic mass is 14.9. The van der Waals surface area contributed by atoms with Crippen LogP contribution in [0.25, 0.3) is 0 Å². The summed E-state index contributed by atoms with van der Waals surface area (Å²) in [7, 11) is 0. The molecule has 1 saturated heterocycles. The van der Waals surface area contributed by atoms with Gasteiger partial charge in [-0.1, -0.05) is 46.0 Å². The molecule has 2 aliphatic rings. The van der Waals surface area contributed by atoms with Crippen LogP contribution in [0.2, 0.25) is 0 Å². The van der Waals surface area contributed by atoms with Crippen molar-refractivity contribution in [1.82, 2.24) is 5.32 Å². The molecular formula is C10H23N. The van der Waals surface area contributed by atoms with E-state index in [9.17, 15) is 0 Å². The van der Waals surface area contributed by atoms with Crippen molar-refractivity contribution >= 4 is 0 Å². The molecule has 0 radical (unpaired) electrons. The Morgan fingerprint density at radius 1 is 0.636 bits per heavy atom. The Morgan fingerprint density at radius 3 is 0.909 bits per heavy atom. The van der Waals surface area contributed by atoms with Crippen molar-refractivity contribution in [3.63, 3.8) is 0 Å². The maximum atomic E-state index is 3.11. The van der Waals surface area contributed by atoms with Gasteiger partial charge in [-0.25, -0.2) is 0 Å². The van der Waals surface area contributed by atoms with Gasteiger partial charge in [-0.3, -0.25) is 0 Å². The van der Waals surface area contributed by atoms with Crippen LogP contribution >= 0.6 is 0 Å². The Balaban J connectivity index is 0.000000152. The molecule has 0 aromatic carbocycles. The molecule has 11 heavy (non-hydrogen) atoms. The topological polar surface area (TPSA) is 12.0 Å². The predicted octanol–water partition coefficient (Wildman–Crippen LogP) is 2.96. The minimum atomic E-state index is 1.25. The standard InChI is InChI=1S/C5H10.C3H7N.C2H6/c1-2-4-5-3-1;1-2-4-3-1;1-2/h1-5H2;4H,1-3H2;1-2H3. The molecule has 1 heterocycles. The lowest BCUT2D eigenvalue weighted by Crippen LogP contribution is -2.29. The average Bonchev–Trinajstić information content (AvgIpc) is 2.41. The van der Waals surface area contributed by atoms with Gasteiger partial charge in [0.05, 0.1) is 0 Å². The molecule has 0 amide bonds. The van der Waals surface area contributed by atoms with Crippen molar-refractivity contribution in [1.29, 1.82) is 0 Å². The molecule has 0 aromatic heterocycles. The summed E-state index contributed by atoms with van der Waals surface area (Å²) in [4.78, 5) is 0. The summed E-state index contributed by atoms with van der Waals surface area (Å²) >= 11 is 0. The van der Waals surface area contributed by atoms with Gasteiger partial charge in [0.15, 0.2) is 0 Å². The Morgan fingerprint density at radius 2 is 0.818 bits per heavy atom. The Kier molecular flexibility index (Phi) is 9.92. The van der Waals surface area contributed by atoms with E-state index in [4.69, 9.17) is 0 Å². The molecule has 0 atom stereocenters. The van der Waals surface area contributed by atoms with E-state index < -0.39 is 0 Å². The zero-order valence-corrected chi connectivity index (χ0v) is 8.16. The van der Waals surface area contributed by atoms with Crippen LogP contribution < -0.4 is 5.32 Å². The van der Waals surface area contributed by atoms with Crippen LogP contribution in [0.1, 0.15) is 52.4 Å². The monoisotopic (exact) mass is 157 g/mol. The van der Waals surface area contributed by atoms with E-state index in [1.54, 1.807) is 0 Å². The normalized spacial score (nSPS) is 20.2. The van der Waals surface area contributed by atoms with Crippen molar-refractivity contribution in [2.45, 2.75) is 52.4 Å². The van der Waals surface area contributed by atoms with Gasteiger partial charge in [0.1, 0.15) is 0 Å². The third-order valence-electron chi connectivity index (χ3n) is 1.96. The highest BCUT2D eigenvalue weighted by molar-refractivity contribution is 4.56.